The Morgan fingerprint density at radius 3 is 2.54 bits per heavy atom. The summed E-state index contributed by atoms with van der Waals surface area (Å²) >= 11 is 2.22. The fourth-order valence-corrected chi connectivity index (χ4v) is 1.15. The molecule has 0 aliphatic heterocycles. The van der Waals surface area contributed by atoms with Crippen LogP contribution in [0, 0.1) is 3.57 Å². The molecule has 72 valence electrons. The van der Waals surface area contributed by atoms with Gasteiger partial charge in [-0.15, -0.1) is 0 Å². The Labute approximate surface area is 91.0 Å². The maximum Gasteiger partial charge on any atom is 0.119 e. The lowest BCUT2D eigenvalue weighted by atomic mass is 10.3. The Morgan fingerprint density at radius 1 is 1.38 bits per heavy atom. The summed E-state index contributed by atoms with van der Waals surface area (Å²) in [7, 11) is 0. The van der Waals surface area contributed by atoms with E-state index in [2.05, 4.69) is 22.6 Å². The topological polar surface area (TPSA) is 55.5 Å². The maximum absolute atomic E-state index is 9.12. The van der Waals surface area contributed by atoms with Crippen LogP contribution in [0.25, 0.3) is 0 Å². The third-order valence-electron chi connectivity index (χ3n) is 1.53. The molecule has 0 bridgehead atoms. The van der Waals surface area contributed by atoms with Crippen LogP contribution in [0.1, 0.15) is 0 Å². The van der Waals surface area contributed by atoms with Gasteiger partial charge in [0.15, 0.2) is 0 Å². The molecule has 0 spiro atoms. The third-order valence-corrected chi connectivity index (χ3v) is 2.25. The van der Waals surface area contributed by atoms with Crippen molar-refractivity contribution in [2.45, 2.75) is 6.10 Å². The van der Waals surface area contributed by atoms with Gasteiger partial charge in [-0.05, 0) is 46.9 Å². The van der Waals surface area contributed by atoms with Crippen molar-refractivity contribution in [1.29, 1.82) is 0 Å². The van der Waals surface area contributed by atoms with Crippen molar-refractivity contribution in [3.8, 4) is 5.75 Å². The zero-order valence-corrected chi connectivity index (χ0v) is 9.27. The number of hydrogen-bond acceptors (Lipinski definition) is 3. The van der Waals surface area contributed by atoms with E-state index in [0.29, 0.717) is 0 Å². The van der Waals surface area contributed by atoms with Crippen molar-refractivity contribution in [2.75, 3.05) is 13.2 Å². The highest BCUT2D eigenvalue weighted by atomic mass is 127. The molecule has 1 aromatic rings. The van der Waals surface area contributed by atoms with Crippen LogP contribution in [-0.2, 0) is 0 Å². The molecule has 0 amide bonds. The normalized spacial score (nSPS) is 12.5. The lowest BCUT2D eigenvalue weighted by molar-refractivity contribution is 0.114. The minimum Gasteiger partial charge on any atom is -0.491 e. The zero-order valence-electron chi connectivity index (χ0n) is 7.11. The third kappa shape index (κ3) is 3.93. The first-order valence-corrected chi connectivity index (χ1v) is 5.06. The number of hydrogen-bond donors (Lipinski definition) is 2. The van der Waals surface area contributed by atoms with Crippen molar-refractivity contribution in [3.63, 3.8) is 0 Å². The lowest BCUT2D eigenvalue weighted by Crippen LogP contribution is -2.26. The van der Waals surface area contributed by atoms with Gasteiger partial charge in [0.05, 0.1) is 0 Å². The molecule has 0 aromatic heterocycles. The number of ether oxygens (including phenoxy) is 1. The molecule has 0 saturated heterocycles. The first kappa shape index (κ1) is 10.7. The molecule has 0 fully saturated rings. The van der Waals surface area contributed by atoms with Gasteiger partial charge in [-0.3, -0.25) is 0 Å². The van der Waals surface area contributed by atoms with Crippen molar-refractivity contribution in [3.05, 3.63) is 27.8 Å². The van der Waals surface area contributed by atoms with Crippen LogP contribution < -0.4 is 10.5 Å². The molecule has 0 radical (unpaired) electrons. The molecule has 1 aromatic carbocycles. The quantitative estimate of drug-likeness (QED) is 0.814. The molecule has 3 nitrogen and oxygen atoms in total. The first-order valence-electron chi connectivity index (χ1n) is 3.99. The van der Waals surface area contributed by atoms with Crippen LogP contribution in [0.15, 0.2) is 24.3 Å². The lowest BCUT2D eigenvalue weighted by Gasteiger charge is -2.09. The van der Waals surface area contributed by atoms with E-state index < -0.39 is 6.10 Å². The van der Waals surface area contributed by atoms with Crippen LogP contribution in [0.3, 0.4) is 0 Å². The van der Waals surface area contributed by atoms with Gasteiger partial charge >= 0.3 is 0 Å². The van der Waals surface area contributed by atoms with Gasteiger partial charge in [0.1, 0.15) is 18.5 Å². The van der Waals surface area contributed by atoms with Gasteiger partial charge in [-0.25, -0.2) is 0 Å². The standard InChI is InChI=1S/C9H12INO2/c10-7-1-3-9(4-2-7)13-6-8(12)5-11/h1-4,8,12H,5-6,11H2/t8-/m0/s1. The second kappa shape index (κ2) is 5.41. The van der Waals surface area contributed by atoms with Gasteiger partial charge in [-0.2, -0.15) is 0 Å². The highest BCUT2D eigenvalue weighted by Crippen LogP contribution is 2.13. The average molecular weight is 293 g/mol. The van der Waals surface area contributed by atoms with Gasteiger partial charge in [0.25, 0.3) is 0 Å². The summed E-state index contributed by atoms with van der Waals surface area (Å²) in [6.07, 6.45) is -0.584. The Bertz CT molecular complexity index is 250. The molecule has 0 aliphatic carbocycles. The summed E-state index contributed by atoms with van der Waals surface area (Å²) in [6.45, 7) is 0.474. The highest BCUT2D eigenvalue weighted by molar-refractivity contribution is 14.1. The number of benzene rings is 1. The Kier molecular flexibility index (Phi) is 4.47. The molecule has 1 rings (SSSR count). The molecule has 0 unspecified atom stereocenters. The average Bonchev–Trinajstić information content (AvgIpc) is 2.16. The number of aliphatic hydroxyl groups excluding tert-OH is 1. The van der Waals surface area contributed by atoms with Crippen molar-refractivity contribution >= 4 is 22.6 Å². The number of nitrogens with two attached hydrogens (primary N) is 1. The van der Waals surface area contributed by atoms with Crippen LogP contribution in [0.4, 0.5) is 0 Å². The number of halogens is 1. The van der Waals surface area contributed by atoms with Crippen molar-refractivity contribution < 1.29 is 9.84 Å². The van der Waals surface area contributed by atoms with Gasteiger partial charge < -0.3 is 15.6 Å². The molecule has 0 heterocycles. The van der Waals surface area contributed by atoms with E-state index in [9.17, 15) is 0 Å². The fourth-order valence-electron chi connectivity index (χ4n) is 0.791. The van der Waals surface area contributed by atoms with E-state index in [-0.39, 0.29) is 13.2 Å². The molecule has 4 heteroatoms. The number of rotatable bonds is 4. The van der Waals surface area contributed by atoms with Gasteiger partial charge in [0, 0.05) is 10.1 Å². The van der Waals surface area contributed by atoms with Crippen LogP contribution in [0.2, 0.25) is 0 Å². The molecule has 1 atom stereocenters. The summed E-state index contributed by atoms with van der Waals surface area (Å²) < 4.78 is 6.44. The minimum absolute atomic E-state index is 0.227. The fraction of sp³-hybridized carbons (Fsp3) is 0.333. The molecule has 0 saturated carbocycles. The van der Waals surface area contributed by atoms with E-state index in [1.54, 1.807) is 0 Å². The van der Waals surface area contributed by atoms with Crippen LogP contribution >= 0.6 is 22.6 Å². The SMILES string of the molecule is NC[C@H](O)COc1ccc(I)cc1. The first-order chi connectivity index (χ1) is 6.22. The molecule has 3 N–H and O–H groups in total. The zero-order chi connectivity index (χ0) is 9.68. The smallest absolute Gasteiger partial charge is 0.119 e. The van der Waals surface area contributed by atoms with E-state index in [1.807, 2.05) is 24.3 Å². The molecule has 13 heavy (non-hydrogen) atoms. The summed E-state index contributed by atoms with van der Waals surface area (Å²) in [5, 5.41) is 9.12. The minimum atomic E-state index is -0.584. The van der Waals surface area contributed by atoms with Gasteiger partial charge in [0.2, 0.25) is 0 Å². The Morgan fingerprint density at radius 2 is 2.00 bits per heavy atom. The van der Waals surface area contributed by atoms with Crippen LogP contribution in [0.5, 0.6) is 5.75 Å². The number of aliphatic hydroxyl groups is 1. The molecular weight excluding hydrogens is 281 g/mol. The van der Waals surface area contributed by atoms with E-state index in [0.717, 1.165) is 9.32 Å². The summed E-state index contributed by atoms with van der Waals surface area (Å²) in [5.74, 6) is 0.757. The van der Waals surface area contributed by atoms with Gasteiger partial charge in [-0.1, -0.05) is 0 Å². The predicted octanol–water partition coefficient (Wildman–Crippen LogP) is 0.990. The molecular formula is C9H12INO2. The van der Waals surface area contributed by atoms with Crippen molar-refractivity contribution in [2.24, 2.45) is 5.73 Å². The molecule has 0 aliphatic rings. The maximum atomic E-state index is 9.12. The monoisotopic (exact) mass is 293 g/mol. The van der Waals surface area contributed by atoms with E-state index >= 15 is 0 Å². The van der Waals surface area contributed by atoms with E-state index in [1.165, 1.54) is 0 Å². The van der Waals surface area contributed by atoms with Crippen LogP contribution in [-0.4, -0.2) is 24.4 Å². The summed E-state index contributed by atoms with van der Waals surface area (Å²) in [6, 6.07) is 7.63. The second-order valence-electron chi connectivity index (χ2n) is 2.65. The second-order valence-corrected chi connectivity index (χ2v) is 3.90. The highest BCUT2D eigenvalue weighted by Gasteiger charge is 2.01. The van der Waals surface area contributed by atoms with E-state index in [4.69, 9.17) is 15.6 Å². The largest absolute Gasteiger partial charge is 0.491 e. The van der Waals surface area contributed by atoms with Crippen molar-refractivity contribution in [1.82, 2.24) is 0 Å². The predicted molar refractivity (Wildman–Crippen MR) is 59.7 cm³/mol. The Balaban J connectivity index is 2.41. The summed E-state index contributed by atoms with van der Waals surface area (Å²) in [5.41, 5.74) is 5.23. The Hall–Kier alpha value is -0.330. The summed E-state index contributed by atoms with van der Waals surface area (Å²) in [4.78, 5) is 0.